The van der Waals surface area contributed by atoms with Crippen molar-refractivity contribution in [3.8, 4) is 0 Å². The highest BCUT2D eigenvalue weighted by atomic mass is 79.9. The highest BCUT2D eigenvalue weighted by Crippen LogP contribution is 2.22. The Bertz CT molecular complexity index is 362. The average Bonchev–Trinajstić information content (AvgIpc) is 2.04. The van der Waals surface area contributed by atoms with Crippen LogP contribution in [0.3, 0.4) is 0 Å². The van der Waals surface area contributed by atoms with Gasteiger partial charge in [-0.15, -0.1) is 0 Å². The molecule has 1 heterocycles. The Kier molecular flexibility index (Phi) is 3.08. The van der Waals surface area contributed by atoms with Crippen molar-refractivity contribution in [3.05, 3.63) is 28.5 Å². The summed E-state index contributed by atoms with van der Waals surface area (Å²) < 4.78 is 21.7. The molecule has 5 heteroatoms. The van der Waals surface area contributed by atoms with E-state index in [0.717, 1.165) is 4.47 Å². The van der Waals surface area contributed by atoms with Crippen molar-refractivity contribution < 1.29 is 8.42 Å². The van der Waals surface area contributed by atoms with Crippen molar-refractivity contribution in [3.63, 3.8) is 0 Å². The third-order valence-electron chi connectivity index (χ3n) is 1.81. The Balaban J connectivity index is 3.15. The number of halogens is 1. The summed E-state index contributed by atoms with van der Waals surface area (Å²) in [6.45, 7) is 3.27. The van der Waals surface area contributed by atoms with E-state index in [1.54, 1.807) is 32.2 Å². The maximum atomic E-state index is 10.9. The van der Waals surface area contributed by atoms with Gasteiger partial charge in [-0.1, -0.05) is 0 Å². The van der Waals surface area contributed by atoms with Crippen molar-refractivity contribution >= 4 is 26.6 Å². The van der Waals surface area contributed by atoms with Crippen LogP contribution >= 0.6 is 15.9 Å². The quantitative estimate of drug-likeness (QED) is 0.827. The van der Waals surface area contributed by atoms with E-state index in [2.05, 4.69) is 20.9 Å². The van der Waals surface area contributed by atoms with Crippen LogP contribution in [0.2, 0.25) is 0 Å². The van der Waals surface area contributed by atoms with Crippen molar-refractivity contribution in [2.45, 2.75) is 18.6 Å². The van der Waals surface area contributed by atoms with E-state index in [4.69, 9.17) is 0 Å². The number of rotatable bonds is 2. The highest BCUT2D eigenvalue weighted by Gasteiger charge is 2.25. The van der Waals surface area contributed by atoms with Crippen LogP contribution in [0.25, 0.3) is 0 Å². The Morgan fingerprint density at radius 1 is 1.38 bits per heavy atom. The van der Waals surface area contributed by atoms with Gasteiger partial charge in [0.15, 0.2) is 10.7 Å². The largest absolute Gasteiger partial charge is 0.258 e. The Hall–Kier alpha value is -0.420. The minimum Gasteiger partial charge on any atom is -0.258 e. The van der Waals surface area contributed by atoms with Gasteiger partial charge in [0, 0.05) is 10.7 Å². The van der Waals surface area contributed by atoms with Crippen LogP contribution in [0, 0.1) is 0 Å². The summed E-state index contributed by atoms with van der Waals surface area (Å²) >= 11 is 3.24. The minimum atomic E-state index is -2.51. The van der Waals surface area contributed by atoms with Crippen LogP contribution in [0.15, 0.2) is 22.8 Å². The molecule has 0 unspecified atom stereocenters. The van der Waals surface area contributed by atoms with Crippen LogP contribution in [0.4, 0.5) is 0 Å². The van der Waals surface area contributed by atoms with E-state index < -0.39 is 15.5 Å². The minimum absolute atomic E-state index is 0.562. The first kappa shape index (κ1) is 10.7. The molecule has 13 heavy (non-hydrogen) atoms. The normalized spacial score (nSPS) is 12.0. The molecule has 1 aromatic heterocycles. The monoisotopic (exact) mass is 263 g/mol. The molecule has 0 atom stereocenters. The van der Waals surface area contributed by atoms with E-state index in [1.807, 2.05) is 0 Å². The van der Waals surface area contributed by atoms with Gasteiger partial charge in [0.2, 0.25) is 0 Å². The number of thiol groups is 1. The Labute approximate surface area is 87.3 Å². The fraction of sp³-hybridized carbons (Fsp3) is 0.375. The van der Waals surface area contributed by atoms with E-state index >= 15 is 0 Å². The first-order valence-electron chi connectivity index (χ1n) is 3.71. The molecule has 3 nitrogen and oxygen atoms in total. The molecule has 0 N–H and O–H groups in total. The zero-order valence-corrected chi connectivity index (χ0v) is 9.80. The van der Waals surface area contributed by atoms with Gasteiger partial charge in [-0.25, -0.2) is 8.42 Å². The summed E-state index contributed by atoms with van der Waals surface area (Å²) in [6, 6.07) is 3.48. The molecule has 0 bridgehead atoms. The molecule has 0 aromatic carbocycles. The SMILES string of the molecule is CC(C)(c1ccc(Br)cn1)[SH](=O)=O. The molecule has 0 saturated carbocycles. The molecule has 0 saturated heterocycles. The summed E-state index contributed by atoms with van der Waals surface area (Å²) in [7, 11) is -2.51. The van der Waals surface area contributed by atoms with Crippen LogP contribution in [0.1, 0.15) is 19.5 Å². The van der Waals surface area contributed by atoms with Crippen LogP contribution in [0.5, 0.6) is 0 Å². The van der Waals surface area contributed by atoms with Crippen molar-refractivity contribution in [2.24, 2.45) is 0 Å². The maximum Gasteiger partial charge on any atom is 0.151 e. The fourth-order valence-electron chi connectivity index (χ4n) is 0.831. The molecule has 0 amide bonds. The van der Waals surface area contributed by atoms with Crippen LogP contribution in [-0.2, 0) is 15.5 Å². The number of nitrogens with zero attached hydrogens (tertiary/aromatic N) is 1. The molecule has 0 fully saturated rings. The van der Waals surface area contributed by atoms with Gasteiger partial charge in [-0.2, -0.15) is 0 Å². The third-order valence-corrected chi connectivity index (χ3v) is 3.42. The van der Waals surface area contributed by atoms with E-state index in [-0.39, 0.29) is 0 Å². The zero-order chi connectivity index (χ0) is 10.1. The summed E-state index contributed by atoms with van der Waals surface area (Å²) in [5.41, 5.74) is 0.562. The molecule has 1 aromatic rings. The van der Waals surface area contributed by atoms with Crippen molar-refractivity contribution in [1.82, 2.24) is 4.98 Å². The predicted octanol–water partition coefficient (Wildman–Crippen LogP) is 1.69. The first-order valence-corrected chi connectivity index (χ1v) is 5.68. The van der Waals surface area contributed by atoms with Crippen LogP contribution < -0.4 is 0 Å². The van der Waals surface area contributed by atoms with Gasteiger partial charge < -0.3 is 0 Å². The van der Waals surface area contributed by atoms with E-state index in [0.29, 0.717) is 5.69 Å². The smallest absolute Gasteiger partial charge is 0.151 e. The fourth-order valence-corrected chi connectivity index (χ4v) is 1.39. The highest BCUT2D eigenvalue weighted by molar-refractivity contribution is 9.10. The van der Waals surface area contributed by atoms with Gasteiger partial charge in [0.25, 0.3) is 0 Å². The lowest BCUT2D eigenvalue weighted by Crippen LogP contribution is -2.20. The molecule has 0 aliphatic rings. The van der Waals surface area contributed by atoms with Gasteiger partial charge in [0.1, 0.15) is 4.75 Å². The Morgan fingerprint density at radius 3 is 2.38 bits per heavy atom. The van der Waals surface area contributed by atoms with Crippen molar-refractivity contribution in [2.75, 3.05) is 0 Å². The maximum absolute atomic E-state index is 10.9. The zero-order valence-electron chi connectivity index (χ0n) is 7.32. The molecule has 0 aliphatic heterocycles. The predicted molar refractivity (Wildman–Crippen MR) is 55.3 cm³/mol. The lowest BCUT2D eigenvalue weighted by atomic mass is 10.1. The second-order valence-corrected chi connectivity index (χ2v) is 5.73. The number of hydrogen-bond donors (Lipinski definition) is 1. The molecule has 1 rings (SSSR count). The topological polar surface area (TPSA) is 47.0 Å². The molecular formula is C8H10BrNO2S. The summed E-state index contributed by atoms with van der Waals surface area (Å²) in [6.07, 6.45) is 1.59. The molecule has 0 spiro atoms. The third kappa shape index (κ3) is 2.28. The average molecular weight is 264 g/mol. The summed E-state index contributed by atoms with van der Waals surface area (Å²) in [5, 5.41) is 0. The van der Waals surface area contributed by atoms with Gasteiger partial charge >= 0.3 is 0 Å². The second-order valence-electron chi connectivity index (χ2n) is 3.18. The van der Waals surface area contributed by atoms with E-state index in [1.165, 1.54) is 0 Å². The standard InChI is InChI=1S/C8H10BrNO2S/c1-8(2,13(11)12)7-4-3-6(9)5-10-7/h3-5,13H,1-2H3. The van der Waals surface area contributed by atoms with Gasteiger partial charge in [0.05, 0.1) is 5.69 Å². The van der Waals surface area contributed by atoms with Gasteiger partial charge in [-0.3, -0.25) is 4.98 Å². The first-order chi connectivity index (χ1) is 5.94. The molecule has 72 valence electrons. The van der Waals surface area contributed by atoms with Crippen LogP contribution in [-0.4, -0.2) is 13.4 Å². The number of hydrogen-bond acceptors (Lipinski definition) is 3. The lowest BCUT2D eigenvalue weighted by Gasteiger charge is -2.15. The number of pyridine rings is 1. The molecule has 0 aliphatic carbocycles. The lowest BCUT2D eigenvalue weighted by molar-refractivity contribution is 0.571. The Morgan fingerprint density at radius 2 is 2.00 bits per heavy atom. The summed E-state index contributed by atoms with van der Waals surface area (Å²) in [5.74, 6) is 0. The molecular weight excluding hydrogens is 254 g/mol. The number of aromatic nitrogens is 1. The van der Waals surface area contributed by atoms with Gasteiger partial charge in [-0.05, 0) is 41.9 Å². The van der Waals surface area contributed by atoms with Crippen molar-refractivity contribution in [1.29, 1.82) is 0 Å². The van der Waals surface area contributed by atoms with E-state index in [9.17, 15) is 8.42 Å². The second kappa shape index (κ2) is 3.75. The summed E-state index contributed by atoms with van der Waals surface area (Å²) in [4.78, 5) is 4.04. The molecule has 0 radical (unpaired) electrons.